The smallest absolute Gasteiger partial charge is 0.185 e. The third-order valence-electron chi connectivity index (χ3n) is 1.63. The number of aliphatic imine (C=N–C) groups is 1. The van der Waals surface area contributed by atoms with Crippen molar-refractivity contribution in [2.24, 2.45) is 16.5 Å². The zero-order chi connectivity index (χ0) is 8.85. The fourth-order valence-corrected chi connectivity index (χ4v) is 0.595. The Bertz CT molecular complexity index is 126. The Morgan fingerprint density at radius 1 is 1.45 bits per heavy atom. The summed E-state index contributed by atoms with van der Waals surface area (Å²) < 4.78 is 0. The van der Waals surface area contributed by atoms with Gasteiger partial charge >= 0.3 is 0 Å². The predicted octanol–water partition coefficient (Wildman–Crippen LogP) is -0.400. The summed E-state index contributed by atoms with van der Waals surface area (Å²) in [6.07, 6.45) is 0. The third kappa shape index (κ3) is 5.66. The van der Waals surface area contributed by atoms with Crippen molar-refractivity contribution in [1.82, 2.24) is 4.90 Å². The van der Waals surface area contributed by atoms with Gasteiger partial charge in [-0.15, -0.1) is 0 Å². The van der Waals surface area contributed by atoms with E-state index in [1.54, 1.807) is 0 Å². The van der Waals surface area contributed by atoms with E-state index in [0.29, 0.717) is 12.6 Å². The number of hydrogen-bond donors (Lipinski definition) is 2. The lowest BCUT2D eigenvalue weighted by Crippen LogP contribution is -2.30. The first kappa shape index (κ1) is 10.2. The molecule has 0 heterocycles. The van der Waals surface area contributed by atoms with Crippen LogP contribution in [0.4, 0.5) is 0 Å². The molecule has 0 radical (unpaired) electrons. The summed E-state index contributed by atoms with van der Waals surface area (Å²) in [5.74, 6) is 0.169. The second-order valence-electron chi connectivity index (χ2n) is 2.88. The Labute approximate surface area is 68.3 Å². The summed E-state index contributed by atoms with van der Waals surface area (Å²) in [5, 5.41) is 0. The fourth-order valence-electron chi connectivity index (χ4n) is 0.595. The molecule has 0 unspecified atom stereocenters. The first-order valence-corrected chi connectivity index (χ1v) is 3.79. The van der Waals surface area contributed by atoms with Crippen LogP contribution in [0.15, 0.2) is 4.99 Å². The van der Waals surface area contributed by atoms with Gasteiger partial charge in [0.1, 0.15) is 0 Å². The molecule has 4 heteroatoms. The van der Waals surface area contributed by atoms with E-state index < -0.39 is 0 Å². The quantitative estimate of drug-likeness (QED) is 0.432. The zero-order valence-electron chi connectivity index (χ0n) is 7.54. The van der Waals surface area contributed by atoms with Gasteiger partial charge in [-0.2, -0.15) is 0 Å². The molecule has 0 atom stereocenters. The molecule has 0 aromatic rings. The summed E-state index contributed by atoms with van der Waals surface area (Å²) in [6.45, 7) is 5.84. The van der Waals surface area contributed by atoms with Crippen LogP contribution >= 0.6 is 0 Å². The maximum Gasteiger partial charge on any atom is 0.185 e. The van der Waals surface area contributed by atoms with Crippen molar-refractivity contribution in [3.8, 4) is 0 Å². The number of guanidine groups is 1. The van der Waals surface area contributed by atoms with Crippen molar-refractivity contribution in [3.63, 3.8) is 0 Å². The highest BCUT2D eigenvalue weighted by Gasteiger charge is 2.00. The van der Waals surface area contributed by atoms with Gasteiger partial charge in [-0.25, -0.2) is 0 Å². The normalized spacial score (nSPS) is 10.6. The van der Waals surface area contributed by atoms with E-state index in [0.717, 1.165) is 6.54 Å². The van der Waals surface area contributed by atoms with Gasteiger partial charge in [-0.3, -0.25) is 4.99 Å². The van der Waals surface area contributed by atoms with Crippen molar-refractivity contribution >= 4 is 5.96 Å². The van der Waals surface area contributed by atoms with Gasteiger partial charge in [-0.1, -0.05) is 0 Å². The molecule has 11 heavy (non-hydrogen) atoms. The zero-order valence-corrected chi connectivity index (χ0v) is 7.54. The molecule has 4 N–H and O–H groups in total. The molecule has 0 aromatic carbocycles. The Hall–Kier alpha value is -0.770. The minimum absolute atomic E-state index is 0.169. The molecule has 0 amide bonds. The van der Waals surface area contributed by atoms with Crippen LogP contribution in [0.1, 0.15) is 13.8 Å². The minimum Gasteiger partial charge on any atom is -0.370 e. The molecule has 0 saturated heterocycles. The summed E-state index contributed by atoms with van der Waals surface area (Å²) >= 11 is 0. The summed E-state index contributed by atoms with van der Waals surface area (Å²) in [4.78, 5) is 6.06. The lowest BCUT2D eigenvalue weighted by atomic mass is 10.3. The second kappa shape index (κ2) is 4.96. The van der Waals surface area contributed by atoms with Crippen LogP contribution in [0, 0.1) is 0 Å². The lowest BCUT2D eigenvalue weighted by Gasteiger charge is -2.19. The molecule has 0 spiro atoms. The van der Waals surface area contributed by atoms with Gasteiger partial charge in [0, 0.05) is 12.6 Å². The predicted molar refractivity (Wildman–Crippen MR) is 48.4 cm³/mol. The molecule has 4 nitrogen and oxygen atoms in total. The monoisotopic (exact) mass is 158 g/mol. The number of nitrogens with two attached hydrogens (primary N) is 2. The molecule has 0 aliphatic carbocycles. The van der Waals surface area contributed by atoms with Crippen molar-refractivity contribution < 1.29 is 0 Å². The number of nitrogens with zero attached hydrogens (tertiary/aromatic N) is 2. The first-order valence-electron chi connectivity index (χ1n) is 3.79. The van der Waals surface area contributed by atoms with Crippen LogP contribution in [0.2, 0.25) is 0 Å². The Morgan fingerprint density at radius 2 is 2.00 bits per heavy atom. The van der Waals surface area contributed by atoms with Crippen molar-refractivity contribution in [3.05, 3.63) is 0 Å². The van der Waals surface area contributed by atoms with E-state index in [4.69, 9.17) is 11.5 Å². The van der Waals surface area contributed by atoms with Gasteiger partial charge in [0.2, 0.25) is 0 Å². The number of rotatable bonds is 4. The maximum absolute atomic E-state index is 5.16. The largest absolute Gasteiger partial charge is 0.370 e. The minimum atomic E-state index is 0.169. The highest BCUT2D eigenvalue weighted by Crippen LogP contribution is 1.91. The summed E-state index contributed by atoms with van der Waals surface area (Å²) in [5.41, 5.74) is 10.3. The van der Waals surface area contributed by atoms with Crippen LogP contribution in [-0.4, -0.2) is 37.0 Å². The van der Waals surface area contributed by atoms with E-state index in [1.165, 1.54) is 0 Å². The van der Waals surface area contributed by atoms with Crippen molar-refractivity contribution in [1.29, 1.82) is 0 Å². The van der Waals surface area contributed by atoms with Gasteiger partial charge in [0.15, 0.2) is 5.96 Å². The highest BCUT2D eigenvalue weighted by molar-refractivity contribution is 5.75. The standard InChI is InChI=1S/C7H18N4/c1-6(2)11(3)5-4-10-7(8)9/h6H,4-5H2,1-3H3,(H4,8,9,10). The summed E-state index contributed by atoms with van der Waals surface area (Å²) in [6, 6.07) is 0.546. The van der Waals surface area contributed by atoms with E-state index in [-0.39, 0.29) is 5.96 Å². The van der Waals surface area contributed by atoms with E-state index in [1.807, 2.05) is 7.05 Å². The van der Waals surface area contributed by atoms with Gasteiger partial charge in [0.25, 0.3) is 0 Å². The molecule has 66 valence electrons. The molecule has 0 aliphatic heterocycles. The number of hydrogen-bond acceptors (Lipinski definition) is 2. The van der Waals surface area contributed by atoms with Crippen LogP contribution in [0.5, 0.6) is 0 Å². The molecule has 0 aromatic heterocycles. The third-order valence-corrected chi connectivity index (χ3v) is 1.63. The maximum atomic E-state index is 5.16. The van der Waals surface area contributed by atoms with Crippen LogP contribution in [-0.2, 0) is 0 Å². The molecular weight excluding hydrogens is 140 g/mol. The Morgan fingerprint density at radius 3 is 2.36 bits per heavy atom. The average molecular weight is 158 g/mol. The van der Waals surface area contributed by atoms with Crippen LogP contribution in [0.25, 0.3) is 0 Å². The number of likely N-dealkylation sites (N-methyl/N-ethyl adjacent to an activating group) is 1. The Balaban J connectivity index is 3.47. The van der Waals surface area contributed by atoms with Gasteiger partial charge < -0.3 is 16.4 Å². The SMILES string of the molecule is CC(C)N(C)CCN=C(N)N. The van der Waals surface area contributed by atoms with E-state index in [2.05, 4.69) is 23.7 Å². The molecule has 0 aliphatic rings. The van der Waals surface area contributed by atoms with Gasteiger partial charge in [-0.05, 0) is 20.9 Å². The topological polar surface area (TPSA) is 67.6 Å². The van der Waals surface area contributed by atoms with E-state index in [9.17, 15) is 0 Å². The molecule has 0 fully saturated rings. The van der Waals surface area contributed by atoms with Gasteiger partial charge in [0.05, 0.1) is 6.54 Å². The first-order chi connectivity index (χ1) is 5.04. The van der Waals surface area contributed by atoms with Crippen molar-refractivity contribution in [2.75, 3.05) is 20.1 Å². The second-order valence-corrected chi connectivity index (χ2v) is 2.88. The van der Waals surface area contributed by atoms with E-state index >= 15 is 0 Å². The molecular formula is C7H18N4. The Kier molecular flexibility index (Phi) is 4.61. The highest BCUT2D eigenvalue weighted by atomic mass is 15.1. The fraction of sp³-hybridized carbons (Fsp3) is 0.857. The van der Waals surface area contributed by atoms with Crippen molar-refractivity contribution in [2.45, 2.75) is 19.9 Å². The lowest BCUT2D eigenvalue weighted by molar-refractivity contribution is 0.282. The molecule has 0 rings (SSSR count). The van der Waals surface area contributed by atoms with Crippen LogP contribution < -0.4 is 11.5 Å². The van der Waals surface area contributed by atoms with Crippen LogP contribution in [0.3, 0.4) is 0 Å². The summed E-state index contributed by atoms with van der Waals surface area (Å²) in [7, 11) is 2.05. The average Bonchev–Trinajstić information content (AvgIpc) is 1.86. The molecule has 0 bridgehead atoms. The molecule has 0 saturated carbocycles.